The van der Waals surface area contributed by atoms with Crippen molar-refractivity contribution in [1.29, 1.82) is 5.26 Å². The number of amides is 1. The van der Waals surface area contributed by atoms with Crippen LogP contribution in [0.1, 0.15) is 23.2 Å². The Kier molecular flexibility index (Phi) is 4.26. The lowest BCUT2D eigenvalue weighted by Gasteiger charge is -2.31. The van der Waals surface area contributed by atoms with Gasteiger partial charge < -0.3 is 15.0 Å². The van der Waals surface area contributed by atoms with E-state index in [2.05, 4.69) is 11.4 Å². The lowest BCUT2D eigenvalue weighted by Crippen LogP contribution is -2.50. The van der Waals surface area contributed by atoms with Crippen molar-refractivity contribution < 1.29 is 9.53 Å². The summed E-state index contributed by atoms with van der Waals surface area (Å²) < 4.78 is 5.25. The molecule has 1 heterocycles. The van der Waals surface area contributed by atoms with Crippen LogP contribution in [0.5, 0.6) is 0 Å². The van der Waals surface area contributed by atoms with Gasteiger partial charge in [-0.2, -0.15) is 5.26 Å². The third kappa shape index (κ3) is 3.09. The number of hydrogen-bond acceptors (Lipinski definition) is 4. The van der Waals surface area contributed by atoms with E-state index in [0.29, 0.717) is 31.6 Å². The standard InChI is InChI=1S/C15H19N3O2/c1-18(2)13-5-3-12(4-6-13)14(19)17-15(11-16)7-9-20-10-8-15/h3-6H,7-10H2,1-2H3,(H,17,19). The number of rotatable bonds is 3. The summed E-state index contributed by atoms with van der Waals surface area (Å²) in [6.45, 7) is 1.01. The first-order valence-corrected chi connectivity index (χ1v) is 6.65. The van der Waals surface area contributed by atoms with Crippen molar-refractivity contribution in [2.75, 3.05) is 32.2 Å². The van der Waals surface area contributed by atoms with Gasteiger partial charge in [-0.05, 0) is 24.3 Å². The minimum atomic E-state index is -0.796. The highest BCUT2D eigenvalue weighted by molar-refractivity contribution is 5.95. The van der Waals surface area contributed by atoms with Crippen LogP contribution in [-0.4, -0.2) is 38.8 Å². The van der Waals surface area contributed by atoms with Crippen LogP contribution in [0.15, 0.2) is 24.3 Å². The maximum atomic E-state index is 12.2. The monoisotopic (exact) mass is 273 g/mol. The quantitative estimate of drug-likeness (QED) is 0.907. The Morgan fingerprint density at radius 3 is 2.40 bits per heavy atom. The molecule has 2 rings (SSSR count). The van der Waals surface area contributed by atoms with E-state index >= 15 is 0 Å². The van der Waals surface area contributed by atoms with Crippen molar-refractivity contribution in [1.82, 2.24) is 5.32 Å². The van der Waals surface area contributed by atoms with Crippen LogP contribution in [0.4, 0.5) is 5.69 Å². The predicted molar refractivity (Wildman–Crippen MR) is 76.6 cm³/mol. The van der Waals surface area contributed by atoms with E-state index in [1.54, 1.807) is 12.1 Å². The molecule has 106 valence electrons. The van der Waals surface area contributed by atoms with E-state index in [4.69, 9.17) is 4.74 Å². The third-order valence-corrected chi connectivity index (χ3v) is 3.56. The van der Waals surface area contributed by atoms with Gasteiger partial charge in [-0.25, -0.2) is 0 Å². The Hall–Kier alpha value is -2.06. The summed E-state index contributed by atoms with van der Waals surface area (Å²) in [6.07, 6.45) is 1.07. The molecule has 0 aromatic heterocycles. The van der Waals surface area contributed by atoms with Crippen LogP contribution in [0.2, 0.25) is 0 Å². The lowest BCUT2D eigenvalue weighted by atomic mass is 9.91. The number of nitriles is 1. The number of carbonyl (C=O) groups is 1. The maximum absolute atomic E-state index is 12.2. The van der Waals surface area contributed by atoms with Gasteiger partial charge >= 0.3 is 0 Å². The molecule has 0 unspecified atom stereocenters. The van der Waals surface area contributed by atoms with Crippen LogP contribution < -0.4 is 10.2 Å². The highest BCUT2D eigenvalue weighted by Crippen LogP contribution is 2.21. The zero-order valence-corrected chi connectivity index (χ0v) is 11.8. The van der Waals surface area contributed by atoms with Gasteiger partial charge in [0, 0.05) is 51.4 Å². The zero-order valence-electron chi connectivity index (χ0n) is 11.8. The molecule has 0 saturated carbocycles. The second-order valence-corrected chi connectivity index (χ2v) is 5.20. The molecule has 1 fully saturated rings. The molecule has 0 aliphatic carbocycles. The van der Waals surface area contributed by atoms with E-state index in [9.17, 15) is 10.1 Å². The van der Waals surface area contributed by atoms with Crippen molar-refractivity contribution in [2.24, 2.45) is 0 Å². The molecule has 5 heteroatoms. The first-order chi connectivity index (χ1) is 9.56. The largest absolute Gasteiger partial charge is 0.381 e. The number of ether oxygens (including phenoxy) is 1. The number of carbonyl (C=O) groups excluding carboxylic acids is 1. The normalized spacial score (nSPS) is 17.1. The highest BCUT2D eigenvalue weighted by atomic mass is 16.5. The van der Waals surface area contributed by atoms with Gasteiger partial charge in [-0.3, -0.25) is 4.79 Å². The van der Waals surface area contributed by atoms with E-state index in [1.165, 1.54) is 0 Å². The van der Waals surface area contributed by atoms with Crippen molar-refractivity contribution in [3.63, 3.8) is 0 Å². The molecule has 0 atom stereocenters. The molecule has 1 aliphatic rings. The average Bonchev–Trinajstić information content (AvgIpc) is 2.48. The van der Waals surface area contributed by atoms with Crippen LogP contribution in [0.25, 0.3) is 0 Å². The molecule has 20 heavy (non-hydrogen) atoms. The molecule has 0 bridgehead atoms. The summed E-state index contributed by atoms with van der Waals surface area (Å²) in [7, 11) is 3.89. The molecule has 1 aromatic rings. The van der Waals surface area contributed by atoms with Crippen molar-refractivity contribution >= 4 is 11.6 Å². The Labute approximate surface area is 119 Å². The summed E-state index contributed by atoms with van der Waals surface area (Å²) in [5, 5.41) is 12.2. The second kappa shape index (κ2) is 5.93. The predicted octanol–water partition coefficient (Wildman–Crippen LogP) is 1.56. The Bertz CT molecular complexity index is 511. The second-order valence-electron chi connectivity index (χ2n) is 5.20. The Morgan fingerprint density at radius 2 is 1.90 bits per heavy atom. The summed E-state index contributed by atoms with van der Waals surface area (Å²) in [6, 6.07) is 9.55. The average molecular weight is 273 g/mol. The third-order valence-electron chi connectivity index (χ3n) is 3.56. The SMILES string of the molecule is CN(C)c1ccc(C(=O)NC2(C#N)CCOCC2)cc1. The molecule has 1 N–H and O–H groups in total. The van der Waals surface area contributed by atoms with Gasteiger partial charge in [-0.15, -0.1) is 0 Å². The van der Waals surface area contributed by atoms with Gasteiger partial charge in [0.15, 0.2) is 0 Å². The van der Waals surface area contributed by atoms with Crippen LogP contribution >= 0.6 is 0 Å². The van der Waals surface area contributed by atoms with Crippen LogP contribution in [0, 0.1) is 11.3 Å². The molecule has 1 amide bonds. The van der Waals surface area contributed by atoms with Crippen LogP contribution in [-0.2, 0) is 4.74 Å². The molecule has 1 aliphatic heterocycles. The van der Waals surface area contributed by atoms with Gasteiger partial charge in [0.2, 0.25) is 0 Å². The first kappa shape index (κ1) is 14.4. The van der Waals surface area contributed by atoms with Crippen molar-refractivity contribution in [2.45, 2.75) is 18.4 Å². The van der Waals surface area contributed by atoms with Crippen molar-refractivity contribution in [3.8, 4) is 6.07 Å². The zero-order chi connectivity index (χ0) is 14.6. The van der Waals surface area contributed by atoms with Gasteiger partial charge in [0.05, 0.1) is 6.07 Å². The fourth-order valence-corrected chi connectivity index (χ4v) is 2.19. The molecular weight excluding hydrogens is 254 g/mol. The molecule has 0 radical (unpaired) electrons. The van der Waals surface area contributed by atoms with Gasteiger partial charge in [0.1, 0.15) is 5.54 Å². The number of hydrogen-bond donors (Lipinski definition) is 1. The maximum Gasteiger partial charge on any atom is 0.252 e. The summed E-state index contributed by atoms with van der Waals surface area (Å²) >= 11 is 0. The molecule has 1 saturated heterocycles. The van der Waals surface area contributed by atoms with Crippen LogP contribution in [0.3, 0.4) is 0 Å². The minimum absolute atomic E-state index is 0.209. The summed E-state index contributed by atoms with van der Waals surface area (Å²) in [4.78, 5) is 14.2. The fraction of sp³-hybridized carbons (Fsp3) is 0.467. The topological polar surface area (TPSA) is 65.4 Å². The van der Waals surface area contributed by atoms with Gasteiger partial charge in [0.25, 0.3) is 5.91 Å². The minimum Gasteiger partial charge on any atom is -0.381 e. The van der Waals surface area contributed by atoms with E-state index in [0.717, 1.165) is 5.69 Å². The van der Waals surface area contributed by atoms with E-state index < -0.39 is 5.54 Å². The number of nitrogens with one attached hydrogen (secondary N) is 1. The van der Waals surface area contributed by atoms with E-state index in [1.807, 2.05) is 31.1 Å². The summed E-state index contributed by atoms with van der Waals surface area (Å²) in [5.74, 6) is -0.209. The fourth-order valence-electron chi connectivity index (χ4n) is 2.19. The first-order valence-electron chi connectivity index (χ1n) is 6.65. The molecule has 1 aromatic carbocycles. The Balaban J connectivity index is 2.09. The van der Waals surface area contributed by atoms with Crippen molar-refractivity contribution in [3.05, 3.63) is 29.8 Å². The highest BCUT2D eigenvalue weighted by Gasteiger charge is 2.34. The lowest BCUT2D eigenvalue weighted by molar-refractivity contribution is 0.0531. The van der Waals surface area contributed by atoms with E-state index in [-0.39, 0.29) is 5.91 Å². The number of nitrogens with zero attached hydrogens (tertiary/aromatic N) is 2. The molecule has 0 spiro atoms. The number of anilines is 1. The number of benzene rings is 1. The molecular formula is C15H19N3O2. The summed E-state index contributed by atoms with van der Waals surface area (Å²) in [5.41, 5.74) is 0.801. The molecule has 5 nitrogen and oxygen atoms in total. The van der Waals surface area contributed by atoms with Gasteiger partial charge in [-0.1, -0.05) is 0 Å². The Morgan fingerprint density at radius 1 is 1.30 bits per heavy atom. The smallest absolute Gasteiger partial charge is 0.252 e.